The number of rotatable bonds is 5. The first-order valence-corrected chi connectivity index (χ1v) is 8.27. The van der Waals surface area contributed by atoms with Crippen molar-refractivity contribution in [3.63, 3.8) is 0 Å². The van der Waals surface area contributed by atoms with E-state index in [0.29, 0.717) is 25.4 Å². The first kappa shape index (κ1) is 13.0. The van der Waals surface area contributed by atoms with Gasteiger partial charge in [0, 0.05) is 36.9 Å². The van der Waals surface area contributed by atoms with Gasteiger partial charge in [0.1, 0.15) is 0 Å². The van der Waals surface area contributed by atoms with Crippen LogP contribution in [0.4, 0.5) is 0 Å². The van der Waals surface area contributed by atoms with E-state index in [1.165, 1.54) is 4.31 Å². The van der Waals surface area contributed by atoms with Gasteiger partial charge in [-0.2, -0.15) is 4.31 Å². The molecule has 0 unspecified atom stereocenters. The van der Waals surface area contributed by atoms with Crippen LogP contribution in [0.25, 0.3) is 0 Å². The Labute approximate surface area is 113 Å². The van der Waals surface area contributed by atoms with Crippen LogP contribution in [0.1, 0.15) is 18.5 Å². The summed E-state index contributed by atoms with van der Waals surface area (Å²) in [5.74, 6) is 0.653. The van der Waals surface area contributed by atoms with E-state index in [1.807, 2.05) is 18.2 Å². The second-order valence-corrected chi connectivity index (χ2v) is 7.75. The molecule has 0 atom stereocenters. The molecule has 5 nitrogen and oxygen atoms in total. The predicted octanol–water partition coefficient (Wildman–Crippen LogP) is 0.377. The maximum Gasteiger partial charge on any atom is 0.214 e. The van der Waals surface area contributed by atoms with Gasteiger partial charge in [0.25, 0.3) is 0 Å². The van der Waals surface area contributed by atoms with E-state index < -0.39 is 10.0 Å². The van der Waals surface area contributed by atoms with Crippen LogP contribution >= 0.6 is 0 Å². The van der Waals surface area contributed by atoms with Gasteiger partial charge in [0.2, 0.25) is 10.0 Å². The Morgan fingerprint density at radius 1 is 1.37 bits per heavy atom. The van der Waals surface area contributed by atoms with Crippen molar-refractivity contribution in [2.24, 2.45) is 11.7 Å². The van der Waals surface area contributed by atoms with Gasteiger partial charge in [-0.3, -0.25) is 4.98 Å². The molecule has 2 N–H and O–H groups in total. The smallest absolute Gasteiger partial charge is 0.214 e. The third-order valence-corrected chi connectivity index (χ3v) is 5.83. The van der Waals surface area contributed by atoms with Crippen molar-refractivity contribution in [1.82, 2.24) is 9.29 Å². The lowest BCUT2D eigenvalue weighted by Crippen LogP contribution is -2.70. The molecule has 0 amide bonds. The van der Waals surface area contributed by atoms with Gasteiger partial charge in [-0.1, -0.05) is 6.07 Å². The van der Waals surface area contributed by atoms with E-state index in [-0.39, 0.29) is 11.3 Å². The van der Waals surface area contributed by atoms with Crippen molar-refractivity contribution in [2.75, 3.05) is 18.8 Å². The molecule has 3 rings (SSSR count). The highest BCUT2D eigenvalue weighted by molar-refractivity contribution is 7.89. The number of nitrogens with two attached hydrogens (primary N) is 1. The number of pyridine rings is 1. The van der Waals surface area contributed by atoms with Crippen molar-refractivity contribution < 1.29 is 8.42 Å². The van der Waals surface area contributed by atoms with E-state index in [0.717, 1.165) is 18.5 Å². The Hall–Kier alpha value is -0.980. The Bertz CT molecular complexity index is 549. The average molecular weight is 281 g/mol. The number of hydrogen-bond acceptors (Lipinski definition) is 4. The molecule has 1 saturated carbocycles. The third kappa shape index (κ3) is 2.66. The van der Waals surface area contributed by atoms with E-state index in [2.05, 4.69) is 4.98 Å². The summed E-state index contributed by atoms with van der Waals surface area (Å²) in [5.41, 5.74) is 6.74. The molecule has 1 aromatic heterocycles. The quantitative estimate of drug-likeness (QED) is 0.846. The average Bonchev–Trinajstić information content (AvgIpc) is 3.18. The van der Waals surface area contributed by atoms with Crippen LogP contribution in [-0.4, -0.2) is 42.1 Å². The maximum absolute atomic E-state index is 12.2. The van der Waals surface area contributed by atoms with Crippen LogP contribution in [0.3, 0.4) is 0 Å². The molecule has 1 aliphatic carbocycles. The molecule has 0 bridgehead atoms. The number of sulfonamides is 1. The number of hydrogen-bond donors (Lipinski definition) is 1. The molecule has 2 heterocycles. The van der Waals surface area contributed by atoms with Gasteiger partial charge in [-0.25, -0.2) is 8.42 Å². The minimum absolute atomic E-state index is 0.116. The van der Waals surface area contributed by atoms with Crippen LogP contribution in [0.2, 0.25) is 0 Å². The summed E-state index contributed by atoms with van der Waals surface area (Å²) in [7, 11) is -3.19. The fourth-order valence-corrected chi connectivity index (χ4v) is 4.23. The Morgan fingerprint density at radius 2 is 2.11 bits per heavy atom. The molecule has 0 aromatic carbocycles. The zero-order valence-electron chi connectivity index (χ0n) is 10.8. The number of nitrogens with zero attached hydrogens (tertiary/aromatic N) is 2. The van der Waals surface area contributed by atoms with Crippen molar-refractivity contribution in [3.05, 3.63) is 30.1 Å². The first-order chi connectivity index (χ1) is 9.00. The fraction of sp³-hybridized carbons (Fsp3) is 0.615. The molecule has 0 radical (unpaired) electrons. The number of aromatic nitrogens is 1. The summed E-state index contributed by atoms with van der Waals surface area (Å²) in [5, 5.41) is 0. The van der Waals surface area contributed by atoms with Crippen molar-refractivity contribution in [1.29, 1.82) is 0 Å². The van der Waals surface area contributed by atoms with Gasteiger partial charge in [0.05, 0.1) is 5.75 Å². The lowest BCUT2D eigenvalue weighted by molar-refractivity contribution is 0.135. The molecule has 19 heavy (non-hydrogen) atoms. The first-order valence-electron chi connectivity index (χ1n) is 6.66. The minimum Gasteiger partial charge on any atom is -0.323 e. The van der Waals surface area contributed by atoms with Crippen LogP contribution in [0.15, 0.2) is 24.4 Å². The minimum atomic E-state index is -3.19. The molecule has 1 saturated heterocycles. The fourth-order valence-electron chi connectivity index (χ4n) is 2.63. The highest BCUT2D eigenvalue weighted by Gasteiger charge is 2.53. The van der Waals surface area contributed by atoms with Crippen molar-refractivity contribution in [2.45, 2.75) is 24.8 Å². The lowest BCUT2D eigenvalue weighted by Gasteiger charge is -2.47. The summed E-state index contributed by atoms with van der Waals surface area (Å²) >= 11 is 0. The molecular formula is C13H19N3O2S. The largest absolute Gasteiger partial charge is 0.323 e. The maximum atomic E-state index is 12.2. The molecule has 6 heteroatoms. The zero-order valence-corrected chi connectivity index (χ0v) is 11.6. The van der Waals surface area contributed by atoms with Gasteiger partial charge in [-0.05, 0) is 30.9 Å². The van der Waals surface area contributed by atoms with Gasteiger partial charge < -0.3 is 5.73 Å². The van der Waals surface area contributed by atoms with Crippen molar-refractivity contribution in [3.8, 4) is 0 Å². The standard InChI is InChI=1S/C13H19N3O2S/c14-13(11-4-5-11)9-16(10-13)19(17,18)8-6-12-3-1-2-7-15-12/h1-3,7,11H,4-6,8-10,14H2. The molecule has 2 fully saturated rings. The second kappa shape index (κ2) is 4.54. The van der Waals surface area contributed by atoms with Gasteiger partial charge >= 0.3 is 0 Å². The Balaban J connectivity index is 1.56. The highest BCUT2D eigenvalue weighted by Crippen LogP contribution is 2.43. The van der Waals surface area contributed by atoms with E-state index in [1.54, 1.807) is 6.20 Å². The highest BCUT2D eigenvalue weighted by atomic mass is 32.2. The summed E-state index contributed by atoms with van der Waals surface area (Å²) in [4.78, 5) is 4.14. The lowest BCUT2D eigenvalue weighted by atomic mass is 9.88. The summed E-state index contributed by atoms with van der Waals surface area (Å²) < 4.78 is 25.8. The molecular weight excluding hydrogens is 262 g/mol. The monoisotopic (exact) mass is 281 g/mol. The molecule has 2 aliphatic rings. The van der Waals surface area contributed by atoms with Crippen LogP contribution in [0, 0.1) is 5.92 Å². The summed E-state index contributed by atoms with van der Waals surface area (Å²) in [6, 6.07) is 5.55. The normalized spacial score (nSPS) is 23.0. The summed E-state index contributed by atoms with van der Waals surface area (Å²) in [6.07, 6.45) is 4.45. The Morgan fingerprint density at radius 3 is 2.68 bits per heavy atom. The van der Waals surface area contributed by atoms with Crippen LogP contribution in [-0.2, 0) is 16.4 Å². The van der Waals surface area contributed by atoms with Crippen LogP contribution < -0.4 is 5.73 Å². The molecule has 104 valence electrons. The van der Waals surface area contributed by atoms with Crippen LogP contribution in [0.5, 0.6) is 0 Å². The topological polar surface area (TPSA) is 76.3 Å². The summed E-state index contributed by atoms with van der Waals surface area (Å²) in [6.45, 7) is 0.977. The molecule has 0 spiro atoms. The van der Waals surface area contributed by atoms with Crippen molar-refractivity contribution >= 4 is 10.0 Å². The molecule has 1 aliphatic heterocycles. The number of aryl methyl sites for hydroxylation is 1. The van der Waals surface area contributed by atoms with E-state index in [4.69, 9.17) is 5.73 Å². The second-order valence-electron chi connectivity index (χ2n) is 5.66. The van der Waals surface area contributed by atoms with Gasteiger partial charge in [-0.15, -0.1) is 0 Å². The third-order valence-electron chi connectivity index (χ3n) is 4.07. The Kier molecular flexibility index (Phi) is 3.11. The van der Waals surface area contributed by atoms with Gasteiger partial charge in [0.15, 0.2) is 0 Å². The van der Waals surface area contributed by atoms with E-state index in [9.17, 15) is 8.42 Å². The SMILES string of the molecule is NC1(C2CC2)CN(S(=O)(=O)CCc2ccccn2)C1. The van der Waals surface area contributed by atoms with E-state index >= 15 is 0 Å². The predicted molar refractivity (Wildman–Crippen MR) is 72.9 cm³/mol. The zero-order chi connectivity index (χ0) is 13.5. The molecule has 1 aromatic rings.